The van der Waals surface area contributed by atoms with Crippen LogP contribution in [0.2, 0.25) is 0 Å². The van der Waals surface area contributed by atoms with Crippen molar-refractivity contribution in [2.75, 3.05) is 26.4 Å². The summed E-state index contributed by atoms with van der Waals surface area (Å²) >= 11 is 0. The summed E-state index contributed by atoms with van der Waals surface area (Å²) in [5, 5.41) is 0. The van der Waals surface area contributed by atoms with E-state index in [0.29, 0.717) is 6.42 Å². The van der Waals surface area contributed by atoms with Crippen LogP contribution in [-0.2, 0) is 32.7 Å². The molecule has 52 heavy (non-hydrogen) atoms. The molecule has 3 N–H and O–H groups in total. The Hall–Kier alpha value is -2.81. The minimum atomic E-state index is -4.38. The van der Waals surface area contributed by atoms with Crippen molar-refractivity contribution in [1.29, 1.82) is 0 Å². The maximum Gasteiger partial charge on any atom is 0.472 e. The molecule has 0 bridgehead atoms. The number of phosphoric ester groups is 1. The molecule has 9 nitrogen and oxygen atoms in total. The maximum absolute atomic E-state index is 12.5. The first-order valence-electron chi connectivity index (χ1n) is 19.6. The van der Waals surface area contributed by atoms with Gasteiger partial charge in [0.2, 0.25) is 0 Å². The van der Waals surface area contributed by atoms with Crippen molar-refractivity contribution >= 4 is 19.8 Å². The minimum Gasteiger partial charge on any atom is -0.462 e. The molecule has 0 radical (unpaired) electrons. The van der Waals surface area contributed by atoms with Gasteiger partial charge >= 0.3 is 19.8 Å². The van der Waals surface area contributed by atoms with Gasteiger partial charge in [-0.3, -0.25) is 18.6 Å². The number of esters is 2. The Labute approximate surface area is 315 Å². The molecule has 0 saturated carbocycles. The number of hydrogen-bond donors (Lipinski definition) is 2. The molecular formula is C42H70NO8P. The van der Waals surface area contributed by atoms with Crippen LogP contribution < -0.4 is 5.73 Å². The summed E-state index contributed by atoms with van der Waals surface area (Å²) in [5.41, 5.74) is 5.31. The topological polar surface area (TPSA) is 134 Å². The monoisotopic (exact) mass is 747 g/mol. The zero-order valence-corrected chi connectivity index (χ0v) is 33.1. The number of hydrogen-bond acceptors (Lipinski definition) is 8. The van der Waals surface area contributed by atoms with E-state index in [4.69, 9.17) is 24.3 Å². The Morgan fingerprint density at radius 3 is 1.58 bits per heavy atom. The van der Waals surface area contributed by atoms with Crippen LogP contribution in [0.5, 0.6) is 0 Å². The molecule has 0 amide bonds. The second kappa shape index (κ2) is 37.9. The quantitative estimate of drug-likeness (QED) is 0.0281. The van der Waals surface area contributed by atoms with Crippen LogP contribution in [0.4, 0.5) is 0 Å². The van der Waals surface area contributed by atoms with E-state index in [-0.39, 0.29) is 32.6 Å². The Morgan fingerprint density at radius 2 is 1.06 bits per heavy atom. The molecule has 0 aliphatic heterocycles. The van der Waals surface area contributed by atoms with Crippen molar-refractivity contribution in [2.24, 2.45) is 5.73 Å². The second-order valence-electron chi connectivity index (χ2n) is 12.4. The highest BCUT2D eigenvalue weighted by Crippen LogP contribution is 2.43. The SMILES string of the molecule is CC/C=C\C/C=C\C/C=C\C/C=C\C/C=C\C/C=C\C/C=C\CCCCCC(=O)OC(COC(=O)CCCCCCCC)COP(=O)(O)OCCN. The largest absolute Gasteiger partial charge is 0.472 e. The standard InChI is InChI=1S/C42H70NO8P/c1-3-5-7-9-11-12-13-14-15-16-17-18-19-20-21-22-23-24-25-26-27-28-29-31-33-35-42(45)51-40(39-50-52(46,47)49-37-36-43)38-48-41(44)34-32-30-10-8-6-4-2/h5,7,11-12,14-15,17-18,20-21,23-24,26-27,40H,3-4,6,8-10,13,16,19,22,25,28-39,43H2,1-2H3,(H,46,47)/b7-5-,12-11-,15-14-,18-17-,21-20-,24-23-,27-26-. The fourth-order valence-corrected chi connectivity index (χ4v) is 5.44. The number of carbonyl (C=O) groups excluding carboxylic acids is 2. The summed E-state index contributed by atoms with van der Waals surface area (Å²) in [6, 6.07) is 0. The number of nitrogens with two attached hydrogens (primary N) is 1. The van der Waals surface area contributed by atoms with Crippen LogP contribution in [-0.4, -0.2) is 49.3 Å². The number of ether oxygens (including phenoxy) is 2. The minimum absolute atomic E-state index is 0.0433. The molecule has 0 aliphatic carbocycles. The average Bonchev–Trinajstić information content (AvgIpc) is 3.13. The Bertz CT molecular complexity index is 1130. The van der Waals surface area contributed by atoms with E-state index in [2.05, 4.69) is 98.9 Å². The molecule has 0 saturated heterocycles. The van der Waals surface area contributed by atoms with Gasteiger partial charge in [0.1, 0.15) is 6.61 Å². The summed E-state index contributed by atoms with van der Waals surface area (Å²) in [7, 11) is -4.38. The van der Waals surface area contributed by atoms with E-state index < -0.39 is 32.5 Å². The van der Waals surface area contributed by atoms with E-state index in [1.165, 1.54) is 6.42 Å². The Balaban J connectivity index is 4.18. The number of phosphoric acid groups is 1. The molecule has 0 aliphatic rings. The number of allylic oxidation sites excluding steroid dienone is 14. The predicted octanol–water partition coefficient (Wildman–Crippen LogP) is 10.9. The highest BCUT2D eigenvalue weighted by molar-refractivity contribution is 7.47. The van der Waals surface area contributed by atoms with Crippen molar-refractivity contribution in [3.63, 3.8) is 0 Å². The van der Waals surface area contributed by atoms with E-state index in [9.17, 15) is 19.0 Å². The van der Waals surface area contributed by atoms with Gasteiger partial charge in [0.05, 0.1) is 13.2 Å². The van der Waals surface area contributed by atoms with Crippen molar-refractivity contribution in [1.82, 2.24) is 0 Å². The number of unbranched alkanes of at least 4 members (excludes halogenated alkanes) is 8. The van der Waals surface area contributed by atoms with Gasteiger partial charge in [0, 0.05) is 19.4 Å². The first-order valence-corrected chi connectivity index (χ1v) is 21.1. The van der Waals surface area contributed by atoms with E-state index >= 15 is 0 Å². The summed E-state index contributed by atoms with van der Waals surface area (Å²) in [4.78, 5) is 34.5. The summed E-state index contributed by atoms with van der Waals surface area (Å²) in [6.07, 6.45) is 46.5. The van der Waals surface area contributed by atoms with Crippen LogP contribution in [0.25, 0.3) is 0 Å². The molecule has 296 valence electrons. The van der Waals surface area contributed by atoms with Gasteiger partial charge in [-0.25, -0.2) is 4.57 Å². The lowest BCUT2D eigenvalue weighted by molar-refractivity contribution is -0.161. The Kier molecular flexibility index (Phi) is 35.9. The molecular weight excluding hydrogens is 677 g/mol. The van der Waals surface area contributed by atoms with Gasteiger partial charge in [-0.05, 0) is 70.6 Å². The molecule has 0 aromatic heterocycles. The maximum atomic E-state index is 12.5. The average molecular weight is 748 g/mol. The molecule has 0 fully saturated rings. The van der Waals surface area contributed by atoms with Crippen LogP contribution in [0, 0.1) is 0 Å². The fraction of sp³-hybridized carbons (Fsp3) is 0.619. The van der Waals surface area contributed by atoms with Gasteiger partial charge in [-0.2, -0.15) is 0 Å². The summed E-state index contributed by atoms with van der Waals surface area (Å²) in [6.45, 7) is 3.47. The van der Waals surface area contributed by atoms with Gasteiger partial charge < -0.3 is 20.1 Å². The first kappa shape index (κ1) is 49.2. The third-order valence-electron chi connectivity index (χ3n) is 7.55. The van der Waals surface area contributed by atoms with E-state index in [1.54, 1.807) is 0 Å². The van der Waals surface area contributed by atoms with Crippen molar-refractivity contribution in [2.45, 2.75) is 142 Å². The molecule has 2 atom stereocenters. The smallest absolute Gasteiger partial charge is 0.462 e. The van der Waals surface area contributed by atoms with Gasteiger partial charge in [-0.1, -0.05) is 137 Å². The zero-order valence-electron chi connectivity index (χ0n) is 32.3. The lowest BCUT2D eigenvalue weighted by Crippen LogP contribution is -2.29. The molecule has 0 heterocycles. The van der Waals surface area contributed by atoms with E-state index in [1.807, 2.05) is 0 Å². The molecule has 0 spiro atoms. The number of carbonyl (C=O) groups is 2. The van der Waals surface area contributed by atoms with Crippen molar-refractivity contribution in [3.8, 4) is 0 Å². The van der Waals surface area contributed by atoms with Gasteiger partial charge in [0.25, 0.3) is 0 Å². The molecule has 10 heteroatoms. The highest BCUT2D eigenvalue weighted by atomic mass is 31.2. The fourth-order valence-electron chi connectivity index (χ4n) is 4.67. The van der Waals surface area contributed by atoms with Crippen LogP contribution in [0.3, 0.4) is 0 Å². The molecule has 0 aromatic carbocycles. The normalized spacial score (nSPS) is 14.3. The summed E-state index contributed by atoms with van der Waals surface area (Å²) in [5.74, 6) is -0.888. The zero-order chi connectivity index (χ0) is 38.2. The third-order valence-corrected chi connectivity index (χ3v) is 8.53. The van der Waals surface area contributed by atoms with Crippen molar-refractivity contribution < 1.29 is 37.6 Å². The summed E-state index contributed by atoms with van der Waals surface area (Å²) < 4.78 is 32.5. The van der Waals surface area contributed by atoms with Crippen LogP contribution in [0.15, 0.2) is 85.1 Å². The van der Waals surface area contributed by atoms with Gasteiger partial charge in [0.15, 0.2) is 6.10 Å². The predicted molar refractivity (Wildman–Crippen MR) is 215 cm³/mol. The molecule has 2 unspecified atom stereocenters. The Morgan fingerprint density at radius 1 is 0.596 bits per heavy atom. The lowest BCUT2D eigenvalue weighted by atomic mass is 10.1. The van der Waals surface area contributed by atoms with Crippen molar-refractivity contribution in [3.05, 3.63) is 85.1 Å². The van der Waals surface area contributed by atoms with Crippen LogP contribution >= 0.6 is 7.82 Å². The molecule has 0 rings (SSSR count). The lowest BCUT2D eigenvalue weighted by Gasteiger charge is -2.19. The van der Waals surface area contributed by atoms with E-state index in [0.717, 1.165) is 96.3 Å². The number of rotatable bonds is 35. The van der Waals surface area contributed by atoms with Gasteiger partial charge in [-0.15, -0.1) is 0 Å². The third kappa shape index (κ3) is 37.0. The second-order valence-corrected chi connectivity index (χ2v) is 13.9. The highest BCUT2D eigenvalue weighted by Gasteiger charge is 2.25. The molecule has 0 aromatic rings. The first-order chi connectivity index (χ1) is 25.3. The van der Waals surface area contributed by atoms with Crippen LogP contribution in [0.1, 0.15) is 136 Å².